The lowest BCUT2D eigenvalue weighted by molar-refractivity contribution is -0.149. The molecule has 0 spiro atoms. The van der Waals surface area contributed by atoms with E-state index in [2.05, 4.69) is 16.2 Å². The van der Waals surface area contributed by atoms with Crippen molar-refractivity contribution >= 4 is 11.9 Å². The van der Waals surface area contributed by atoms with E-state index in [4.69, 9.17) is 10.6 Å². The number of carbonyl (C=O) groups excluding carboxylic acids is 2. The third kappa shape index (κ3) is 10.9. The van der Waals surface area contributed by atoms with Gasteiger partial charge in [-0.2, -0.15) is 0 Å². The Kier molecular flexibility index (Phi) is 10.2. The molecule has 0 aromatic carbocycles. The van der Waals surface area contributed by atoms with Gasteiger partial charge in [0.15, 0.2) is 0 Å². The second-order valence-corrected chi connectivity index (χ2v) is 3.27. The maximum absolute atomic E-state index is 11.2. The second-order valence-electron chi connectivity index (χ2n) is 3.27. The van der Waals surface area contributed by atoms with Gasteiger partial charge in [0.25, 0.3) is 0 Å². The number of carbonyl (C=O) groups is 2. The predicted octanol–water partition coefficient (Wildman–Crippen LogP) is 0.709. The molecule has 6 nitrogen and oxygen atoms in total. The van der Waals surface area contributed by atoms with Crippen LogP contribution in [-0.4, -0.2) is 31.8 Å². The molecule has 0 aliphatic carbocycles. The van der Waals surface area contributed by atoms with Crippen LogP contribution in [-0.2, 0) is 23.9 Å². The Morgan fingerprint density at radius 3 is 2.41 bits per heavy atom. The van der Waals surface area contributed by atoms with Gasteiger partial charge in [-0.25, -0.2) is 10.7 Å². The summed E-state index contributed by atoms with van der Waals surface area (Å²) in [6.45, 7) is 3.86. The number of ether oxygens (including phenoxy) is 2. The fourth-order valence-electron chi connectivity index (χ4n) is 1.06. The molecule has 6 heteroatoms. The van der Waals surface area contributed by atoms with Crippen molar-refractivity contribution in [2.24, 2.45) is 5.90 Å². The highest BCUT2D eigenvalue weighted by molar-refractivity contribution is 5.81. The van der Waals surface area contributed by atoms with Crippen molar-refractivity contribution in [3.63, 3.8) is 0 Å². The topological polar surface area (TPSA) is 87.8 Å². The van der Waals surface area contributed by atoms with Crippen LogP contribution in [0.5, 0.6) is 0 Å². The molecule has 0 aliphatic rings. The van der Waals surface area contributed by atoms with Crippen LogP contribution in [0.2, 0.25) is 0 Å². The van der Waals surface area contributed by atoms with Crippen LogP contribution in [0.1, 0.15) is 25.7 Å². The largest absolute Gasteiger partial charge is 0.462 e. The Hall–Kier alpha value is -1.40. The number of unbranched alkanes of at least 4 members (excludes halogenated alkanes) is 2. The summed E-state index contributed by atoms with van der Waals surface area (Å²) in [6.07, 6.45) is 3.81. The van der Waals surface area contributed by atoms with E-state index in [1.807, 2.05) is 0 Å². The molecular weight excluding hydrogens is 226 g/mol. The lowest BCUT2D eigenvalue weighted by Crippen LogP contribution is -2.12. The van der Waals surface area contributed by atoms with Gasteiger partial charge in [-0.15, -0.1) is 0 Å². The lowest BCUT2D eigenvalue weighted by atomic mass is 10.2. The molecule has 0 rings (SSSR count). The van der Waals surface area contributed by atoms with Crippen molar-refractivity contribution in [2.75, 3.05) is 19.8 Å². The highest BCUT2D eigenvalue weighted by atomic mass is 16.6. The molecule has 0 heterocycles. The molecule has 2 N–H and O–H groups in total. The van der Waals surface area contributed by atoms with Crippen LogP contribution in [0.4, 0.5) is 0 Å². The van der Waals surface area contributed by atoms with Crippen molar-refractivity contribution in [3.8, 4) is 0 Å². The van der Waals surface area contributed by atoms with E-state index in [-0.39, 0.29) is 19.2 Å². The molecule has 17 heavy (non-hydrogen) atoms. The first-order chi connectivity index (χ1) is 8.20. The van der Waals surface area contributed by atoms with Gasteiger partial charge in [0.2, 0.25) is 0 Å². The molecule has 0 aromatic heterocycles. The van der Waals surface area contributed by atoms with E-state index in [9.17, 15) is 9.59 Å². The maximum atomic E-state index is 11.2. The number of hydrogen-bond donors (Lipinski definition) is 1. The molecule has 0 atom stereocenters. The van der Waals surface area contributed by atoms with Gasteiger partial charge in [-0.3, -0.25) is 4.79 Å². The summed E-state index contributed by atoms with van der Waals surface area (Å²) < 4.78 is 9.47. The van der Waals surface area contributed by atoms with Crippen LogP contribution >= 0.6 is 0 Å². The van der Waals surface area contributed by atoms with Crippen LogP contribution < -0.4 is 5.90 Å². The molecule has 0 aromatic rings. The Morgan fingerprint density at radius 2 is 1.76 bits per heavy atom. The van der Waals surface area contributed by atoms with Gasteiger partial charge in [0, 0.05) is 12.5 Å². The summed E-state index contributed by atoms with van der Waals surface area (Å²) in [4.78, 5) is 26.2. The van der Waals surface area contributed by atoms with Gasteiger partial charge >= 0.3 is 11.9 Å². The van der Waals surface area contributed by atoms with E-state index in [0.29, 0.717) is 13.0 Å². The average Bonchev–Trinajstić information content (AvgIpc) is 2.34. The predicted molar refractivity (Wildman–Crippen MR) is 60.7 cm³/mol. The normalized spacial score (nSPS) is 9.71. The molecule has 0 unspecified atom stereocenters. The van der Waals surface area contributed by atoms with Gasteiger partial charge in [0.1, 0.15) is 13.2 Å². The average molecular weight is 245 g/mol. The molecule has 0 saturated carbocycles. The zero-order chi connectivity index (χ0) is 12.9. The lowest BCUT2D eigenvalue weighted by Gasteiger charge is -2.04. The standard InChI is InChI=1S/C11H19NO5/c1-2-10(13)15-8-9-16-11(14)6-4-3-5-7-17-12/h2H,1,3-9,12H2. The summed E-state index contributed by atoms with van der Waals surface area (Å²) >= 11 is 0. The SMILES string of the molecule is C=CC(=O)OCCOC(=O)CCCCCON. The summed E-state index contributed by atoms with van der Waals surface area (Å²) in [5, 5.41) is 0. The maximum Gasteiger partial charge on any atom is 0.330 e. The fourth-order valence-corrected chi connectivity index (χ4v) is 1.06. The van der Waals surface area contributed by atoms with E-state index in [1.54, 1.807) is 0 Å². The van der Waals surface area contributed by atoms with Crippen molar-refractivity contribution in [3.05, 3.63) is 12.7 Å². The molecular formula is C11H19NO5. The van der Waals surface area contributed by atoms with Gasteiger partial charge in [0.05, 0.1) is 6.61 Å². The van der Waals surface area contributed by atoms with E-state index >= 15 is 0 Å². The quantitative estimate of drug-likeness (QED) is 0.264. The highest BCUT2D eigenvalue weighted by Gasteiger charge is 2.03. The molecule has 98 valence electrons. The summed E-state index contributed by atoms with van der Waals surface area (Å²) in [5.74, 6) is 4.02. The van der Waals surface area contributed by atoms with Crippen LogP contribution in [0, 0.1) is 0 Å². The van der Waals surface area contributed by atoms with E-state index in [0.717, 1.165) is 25.3 Å². The number of rotatable bonds is 10. The summed E-state index contributed by atoms with van der Waals surface area (Å²) in [6, 6.07) is 0. The minimum Gasteiger partial charge on any atom is -0.462 e. The number of nitrogens with two attached hydrogens (primary N) is 1. The molecule has 0 fully saturated rings. The smallest absolute Gasteiger partial charge is 0.330 e. The monoisotopic (exact) mass is 245 g/mol. The zero-order valence-electron chi connectivity index (χ0n) is 9.85. The first-order valence-corrected chi connectivity index (χ1v) is 5.47. The fraction of sp³-hybridized carbons (Fsp3) is 0.636. The summed E-state index contributed by atoms with van der Waals surface area (Å²) in [7, 11) is 0. The van der Waals surface area contributed by atoms with Crippen molar-refractivity contribution < 1.29 is 23.9 Å². The van der Waals surface area contributed by atoms with E-state index < -0.39 is 5.97 Å². The van der Waals surface area contributed by atoms with Crippen LogP contribution in [0.25, 0.3) is 0 Å². The van der Waals surface area contributed by atoms with Crippen molar-refractivity contribution in [1.29, 1.82) is 0 Å². The third-order valence-electron chi connectivity index (χ3n) is 1.90. The zero-order valence-corrected chi connectivity index (χ0v) is 9.85. The minimum absolute atomic E-state index is 0.0532. The van der Waals surface area contributed by atoms with Gasteiger partial charge in [-0.05, 0) is 12.8 Å². The number of esters is 2. The molecule has 0 bridgehead atoms. The Morgan fingerprint density at radius 1 is 1.06 bits per heavy atom. The molecule has 0 radical (unpaired) electrons. The van der Waals surface area contributed by atoms with Gasteiger partial charge < -0.3 is 14.3 Å². The van der Waals surface area contributed by atoms with Crippen LogP contribution in [0.15, 0.2) is 12.7 Å². The molecule has 0 amide bonds. The molecule has 0 aliphatic heterocycles. The summed E-state index contributed by atoms with van der Waals surface area (Å²) in [5.41, 5.74) is 0. The van der Waals surface area contributed by atoms with Crippen molar-refractivity contribution in [1.82, 2.24) is 0 Å². The second kappa shape index (κ2) is 11.1. The Bertz CT molecular complexity index is 242. The first-order valence-electron chi connectivity index (χ1n) is 5.47. The Balaban J connectivity index is 3.29. The third-order valence-corrected chi connectivity index (χ3v) is 1.90. The van der Waals surface area contributed by atoms with Crippen molar-refractivity contribution in [2.45, 2.75) is 25.7 Å². The minimum atomic E-state index is -0.525. The molecule has 0 saturated heterocycles. The highest BCUT2D eigenvalue weighted by Crippen LogP contribution is 2.01. The van der Waals surface area contributed by atoms with E-state index in [1.165, 1.54) is 0 Å². The number of hydrogen-bond acceptors (Lipinski definition) is 6. The van der Waals surface area contributed by atoms with Crippen LogP contribution in [0.3, 0.4) is 0 Å². The Labute approximate surface area is 101 Å². The van der Waals surface area contributed by atoms with Gasteiger partial charge in [-0.1, -0.05) is 13.0 Å². The first kappa shape index (κ1) is 15.6.